The molecule has 3 aromatic rings. The molecule has 2 aliphatic rings. The number of methoxy groups -OCH3 is 3. The first-order valence-electron chi connectivity index (χ1n) is 13.5. The lowest BCUT2D eigenvalue weighted by atomic mass is 9.85. The van der Waals surface area contributed by atoms with Crippen molar-refractivity contribution in [3.05, 3.63) is 78.4 Å². The van der Waals surface area contributed by atoms with Crippen molar-refractivity contribution in [2.24, 2.45) is 0 Å². The molecule has 0 saturated carbocycles. The summed E-state index contributed by atoms with van der Waals surface area (Å²) in [5.74, 6) is 0.949. The predicted octanol–water partition coefficient (Wildman–Crippen LogP) is 3.63. The molecule has 3 aromatic carbocycles. The van der Waals surface area contributed by atoms with E-state index in [0.29, 0.717) is 54.4 Å². The van der Waals surface area contributed by atoms with Crippen LogP contribution >= 0.6 is 0 Å². The highest BCUT2D eigenvalue weighted by Gasteiger charge is 2.54. The molecule has 2 aliphatic heterocycles. The summed E-state index contributed by atoms with van der Waals surface area (Å²) in [7, 11) is 4.62. The second kappa shape index (κ2) is 11.8. The van der Waals surface area contributed by atoms with Gasteiger partial charge in [0.15, 0.2) is 0 Å². The van der Waals surface area contributed by atoms with Crippen molar-refractivity contribution in [3.63, 3.8) is 0 Å². The van der Waals surface area contributed by atoms with E-state index in [2.05, 4.69) is 10.2 Å². The van der Waals surface area contributed by atoms with E-state index in [1.54, 1.807) is 59.4 Å². The molecular weight excluding hydrogens is 524 g/mol. The number of carbonyl (C=O) groups is 3. The van der Waals surface area contributed by atoms with Gasteiger partial charge in [-0.15, -0.1) is 0 Å². The normalized spacial score (nSPS) is 16.1. The standard InChI is InChI=1S/C31H34N4O6/c1-39-24-14-12-22(13-15-24)32-27(36)20-34-21-35(23-8-5-4-6-9-23)31(30(34)38)16-18-33(19-17-31)29(37)28-25(40-2)10-7-11-26(28)41-3/h4-15H,16-21H2,1-3H3,(H,32,36). The van der Waals surface area contributed by atoms with Crippen LogP contribution in [0.2, 0.25) is 0 Å². The lowest BCUT2D eigenvalue weighted by molar-refractivity contribution is -0.136. The predicted molar refractivity (Wildman–Crippen MR) is 155 cm³/mol. The molecule has 0 radical (unpaired) electrons. The average molecular weight is 559 g/mol. The number of para-hydroxylation sites is 1. The summed E-state index contributed by atoms with van der Waals surface area (Å²) in [6.07, 6.45) is 0.834. The highest BCUT2D eigenvalue weighted by Crippen LogP contribution is 2.40. The number of hydrogen-bond acceptors (Lipinski definition) is 7. The Balaban J connectivity index is 1.35. The Labute approximate surface area is 239 Å². The SMILES string of the molecule is COc1ccc(NC(=O)CN2CN(c3ccccc3)C3(CCN(C(=O)c4c(OC)cccc4OC)CC3)C2=O)cc1. The van der Waals surface area contributed by atoms with Crippen molar-refractivity contribution < 1.29 is 28.6 Å². The van der Waals surface area contributed by atoms with Gasteiger partial charge in [0.1, 0.15) is 34.9 Å². The van der Waals surface area contributed by atoms with Crippen LogP contribution in [-0.2, 0) is 9.59 Å². The van der Waals surface area contributed by atoms with Crippen molar-refractivity contribution in [1.29, 1.82) is 0 Å². The van der Waals surface area contributed by atoms with Gasteiger partial charge in [-0.25, -0.2) is 0 Å². The fraction of sp³-hybridized carbons (Fsp3) is 0.323. The topological polar surface area (TPSA) is 101 Å². The third-order valence-corrected chi connectivity index (χ3v) is 7.81. The first-order valence-corrected chi connectivity index (χ1v) is 13.5. The Morgan fingerprint density at radius 3 is 2.05 bits per heavy atom. The van der Waals surface area contributed by atoms with Crippen LogP contribution in [0.1, 0.15) is 23.2 Å². The zero-order valence-corrected chi connectivity index (χ0v) is 23.5. The number of benzene rings is 3. The first-order chi connectivity index (χ1) is 19.9. The smallest absolute Gasteiger partial charge is 0.261 e. The minimum atomic E-state index is -0.872. The molecule has 3 amide bonds. The number of amides is 3. The number of likely N-dealkylation sites (tertiary alicyclic amines) is 1. The quantitative estimate of drug-likeness (QED) is 0.451. The number of piperidine rings is 1. The Kier molecular flexibility index (Phi) is 8.00. The summed E-state index contributed by atoms with van der Waals surface area (Å²) >= 11 is 0. The van der Waals surface area contributed by atoms with Crippen LogP contribution in [0, 0.1) is 0 Å². The number of hydrogen-bond donors (Lipinski definition) is 1. The minimum Gasteiger partial charge on any atom is -0.497 e. The van der Waals surface area contributed by atoms with Gasteiger partial charge in [-0.2, -0.15) is 0 Å². The van der Waals surface area contributed by atoms with Gasteiger partial charge < -0.3 is 34.2 Å². The average Bonchev–Trinajstić information content (AvgIpc) is 3.27. The van der Waals surface area contributed by atoms with Gasteiger partial charge in [0.05, 0.1) is 28.0 Å². The molecule has 2 heterocycles. The number of ether oxygens (including phenoxy) is 3. The lowest BCUT2D eigenvalue weighted by Gasteiger charge is -2.43. The maximum Gasteiger partial charge on any atom is 0.261 e. The van der Waals surface area contributed by atoms with Crippen LogP contribution in [0.15, 0.2) is 72.8 Å². The highest BCUT2D eigenvalue weighted by molar-refractivity contribution is 6.01. The molecule has 10 heteroatoms. The third-order valence-electron chi connectivity index (χ3n) is 7.81. The zero-order valence-electron chi connectivity index (χ0n) is 23.5. The van der Waals surface area contributed by atoms with Crippen LogP contribution in [0.4, 0.5) is 11.4 Å². The molecule has 214 valence electrons. The summed E-state index contributed by atoms with van der Waals surface area (Å²) in [5, 5.41) is 2.86. The Bertz CT molecular complexity index is 1380. The number of anilines is 2. The van der Waals surface area contributed by atoms with Crippen molar-refractivity contribution in [2.45, 2.75) is 18.4 Å². The monoisotopic (exact) mass is 558 g/mol. The Hall–Kier alpha value is -4.73. The van der Waals surface area contributed by atoms with Crippen LogP contribution in [-0.4, -0.2) is 80.7 Å². The molecule has 2 fully saturated rings. The van der Waals surface area contributed by atoms with Crippen LogP contribution in [0.3, 0.4) is 0 Å². The van der Waals surface area contributed by atoms with Gasteiger partial charge >= 0.3 is 0 Å². The van der Waals surface area contributed by atoms with Crippen molar-refractivity contribution >= 4 is 29.1 Å². The second-order valence-electron chi connectivity index (χ2n) is 10.0. The summed E-state index contributed by atoms with van der Waals surface area (Å²) in [5.41, 5.74) is 1.01. The number of carbonyl (C=O) groups excluding carboxylic acids is 3. The number of rotatable bonds is 8. The second-order valence-corrected chi connectivity index (χ2v) is 10.0. The van der Waals surface area contributed by atoms with E-state index >= 15 is 0 Å². The van der Waals surface area contributed by atoms with Gasteiger partial charge in [-0.1, -0.05) is 24.3 Å². The maximum absolute atomic E-state index is 14.0. The van der Waals surface area contributed by atoms with Gasteiger partial charge in [-0.3, -0.25) is 14.4 Å². The fourth-order valence-electron chi connectivity index (χ4n) is 5.67. The van der Waals surface area contributed by atoms with Crippen molar-refractivity contribution in [1.82, 2.24) is 9.80 Å². The van der Waals surface area contributed by atoms with Gasteiger partial charge in [0.25, 0.3) is 11.8 Å². The van der Waals surface area contributed by atoms with Crippen LogP contribution < -0.4 is 24.4 Å². The third kappa shape index (κ3) is 5.37. The molecule has 0 unspecified atom stereocenters. The minimum absolute atomic E-state index is 0.0863. The summed E-state index contributed by atoms with van der Waals surface area (Å²) < 4.78 is 16.1. The molecular formula is C31H34N4O6. The molecule has 10 nitrogen and oxygen atoms in total. The first kappa shape index (κ1) is 27.8. The van der Waals surface area contributed by atoms with Crippen LogP contribution in [0.5, 0.6) is 17.2 Å². The van der Waals surface area contributed by atoms with E-state index in [4.69, 9.17) is 14.2 Å². The molecule has 0 bridgehead atoms. The Morgan fingerprint density at radius 2 is 1.46 bits per heavy atom. The maximum atomic E-state index is 14.0. The highest BCUT2D eigenvalue weighted by atomic mass is 16.5. The van der Waals surface area contributed by atoms with Gasteiger partial charge in [-0.05, 0) is 61.4 Å². The molecule has 1 spiro atoms. The molecule has 1 N–H and O–H groups in total. The van der Waals surface area contributed by atoms with Gasteiger partial charge in [0.2, 0.25) is 5.91 Å². The molecule has 0 atom stereocenters. The van der Waals surface area contributed by atoms with E-state index in [1.165, 1.54) is 14.2 Å². The van der Waals surface area contributed by atoms with E-state index < -0.39 is 5.54 Å². The number of nitrogens with zero attached hydrogens (tertiary/aromatic N) is 3. The van der Waals surface area contributed by atoms with Crippen LogP contribution in [0.25, 0.3) is 0 Å². The number of nitrogens with one attached hydrogen (secondary N) is 1. The van der Waals surface area contributed by atoms with E-state index in [-0.39, 0.29) is 30.9 Å². The van der Waals surface area contributed by atoms with E-state index in [9.17, 15) is 14.4 Å². The Morgan fingerprint density at radius 1 is 0.829 bits per heavy atom. The molecule has 0 aromatic heterocycles. The summed E-state index contributed by atoms with van der Waals surface area (Å²) in [6.45, 7) is 0.909. The lowest BCUT2D eigenvalue weighted by Crippen LogP contribution is -2.57. The van der Waals surface area contributed by atoms with Crippen molar-refractivity contribution in [3.8, 4) is 17.2 Å². The molecule has 5 rings (SSSR count). The van der Waals surface area contributed by atoms with E-state index in [1.807, 2.05) is 30.3 Å². The largest absolute Gasteiger partial charge is 0.497 e. The molecule has 41 heavy (non-hydrogen) atoms. The summed E-state index contributed by atoms with van der Waals surface area (Å²) in [6, 6.07) is 22.0. The summed E-state index contributed by atoms with van der Waals surface area (Å²) in [4.78, 5) is 46.0. The molecule has 0 aliphatic carbocycles. The van der Waals surface area contributed by atoms with E-state index in [0.717, 1.165) is 5.69 Å². The van der Waals surface area contributed by atoms with Crippen molar-refractivity contribution in [2.75, 3.05) is 57.8 Å². The zero-order chi connectivity index (χ0) is 29.0. The fourth-order valence-corrected chi connectivity index (χ4v) is 5.67. The molecule has 2 saturated heterocycles. The van der Waals surface area contributed by atoms with Gasteiger partial charge in [0, 0.05) is 24.5 Å².